The first kappa shape index (κ1) is 23.8. The Kier molecular flexibility index (Phi) is 12.7. The molecule has 164 valence electrons. The molecule has 0 spiro atoms. The van der Waals surface area contributed by atoms with E-state index in [9.17, 15) is 0 Å². The van der Waals surface area contributed by atoms with Crippen LogP contribution in [0, 0.1) is 0 Å². The van der Waals surface area contributed by atoms with Gasteiger partial charge >= 0.3 is 0 Å². The smallest absolute Gasteiger partial charge is 0.105 e. The van der Waals surface area contributed by atoms with Crippen molar-refractivity contribution in [1.29, 1.82) is 0 Å². The summed E-state index contributed by atoms with van der Waals surface area (Å²) >= 11 is 0. The molecule has 2 heteroatoms. The van der Waals surface area contributed by atoms with Crippen molar-refractivity contribution in [1.82, 2.24) is 9.80 Å². The van der Waals surface area contributed by atoms with Gasteiger partial charge in [-0.1, -0.05) is 115 Å². The number of hydrogen-bond donors (Lipinski definition) is 0. The Morgan fingerprint density at radius 1 is 0.586 bits per heavy atom. The molecule has 1 aliphatic rings. The zero-order valence-corrected chi connectivity index (χ0v) is 19.3. The molecule has 2 rings (SSSR count). The zero-order valence-electron chi connectivity index (χ0n) is 19.3. The van der Waals surface area contributed by atoms with Gasteiger partial charge in [0.05, 0.1) is 0 Å². The van der Waals surface area contributed by atoms with E-state index in [0.29, 0.717) is 6.17 Å². The lowest BCUT2D eigenvalue weighted by Gasteiger charge is -2.33. The van der Waals surface area contributed by atoms with Crippen molar-refractivity contribution < 1.29 is 0 Å². The Balaban J connectivity index is 1.75. The van der Waals surface area contributed by atoms with Crippen molar-refractivity contribution in [2.75, 3.05) is 13.1 Å². The van der Waals surface area contributed by atoms with Crippen molar-refractivity contribution in [3.8, 4) is 0 Å². The van der Waals surface area contributed by atoms with E-state index in [0.717, 1.165) is 6.42 Å². The summed E-state index contributed by atoms with van der Waals surface area (Å²) < 4.78 is 0. The minimum absolute atomic E-state index is 0.508. The number of rotatable bonds is 17. The van der Waals surface area contributed by atoms with Gasteiger partial charge in [-0.25, -0.2) is 0 Å². The van der Waals surface area contributed by atoms with Crippen LogP contribution in [0.4, 0.5) is 0 Å². The summed E-state index contributed by atoms with van der Waals surface area (Å²) in [6.07, 6.45) is 24.3. The third-order valence-corrected chi connectivity index (χ3v) is 6.27. The van der Waals surface area contributed by atoms with Crippen LogP contribution in [-0.2, 0) is 6.42 Å². The maximum atomic E-state index is 2.61. The molecule has 0 N–H and O–H groups in total. The fourth-order valence-corrected chi connectivity index (χ4v) is 4.39. The van der Waals surface area contributed by atoms with E-state index in [1.54, 1.807) is 0 Å². The average Bonchev–Trinajstić information content (AvgIpc) is 3.12. The Labute approximate surface area is 181 Å². The highest BCUT2D eigenvalue weighted by molar-refractivity contribution is 5.17. The zero-order chi connectivity index (χ0) is 20.6. The van der Waals surface area contributed by atoms with Gasteiger partial charge in [-0.2, -0.15) is 0 Å². The topological polar surface area (TPSA) is 6.48 Å². The molecule has 0 fully saturated rings. The van der Waals surface area contributed by atoms with Gasteiger partial charge in [-0.05, 0) is 18.4 Å². The Morgan fingerprint density at radius 2 is 1.03 bits per heavy atom. The van der Waals surface area contributed by atoms with Crippen LogP contribution in [0.3, 0.4) is 0 Å². The van der Waals surface area contributed by atoms with E-state index in [1.807, 2.05) is 0 Å². The molecule has 0 amide bonds. The van der Waals surface area contributed by atoms with Crippen molar-refractivity contribution in [2.45, 2.75) is 110 Å². The summed E-state index contributed by atoms with van der Waals surface area (Å²) in [4.78, 5) is 5.21. The van der Waals surface area contributed by atoms with Gasteiger partial charge in [-0.3, -0.25) is 0 Å². The SMILES string of the molecule is CCCCCCCCCCN1C=CN(CCCCCCC)C1Cc1ccccc1. The molecule has 0 aliphatic carbocycles. The average molecular weight is 399 g/mol. The molecule has 2 nitrogen and oxygen atoms in total. The third-order valence-electron chi connectivity index (χ3n) is 6.27. The minimum atomic E-state index is 0.508. The molecule has 0 aromatic heterocycles. The normalized spacial score (nSPS) is 16.1. The van der Waals surface area contributed by atoms with Crippen LogP contribution in [0.5, 0.6) is 0 Å². The first-order chi connectivity index (χ1) is 14.3. The van der Waals surface area contributed by atoms with Gasteiger partial charge in [0.25, 0.3) is 0 Å². The second kappa shape index (κ2) is 15.4. The number of hydrogen-bond acceptors (Lipinski definition) is 2. The minimum Gasteiger partial charge on any atom is -0.356 e. The van der Waals surface area contributed by atoms with Gasteiger partial charge in [0.2, 0.25) is 0 Å². The highest BCUT2D eigenvalue weighted by Gasteiger charge is 2.25. The molecule has 1 heterocycles. The molecule has 1 aromatic rings. The molecule has 1 atom stereocenters. The van der Waals surface area contributed by atoms with Crippen LogP contribution in [0.2, 0.25) is 0 Å². The highest BCUT2D eigenvalue weighted by Crippen LogP contribution is 2.22. The fraction of sp³-hybridized carbons (Fsp3) is 0.704. The van der Waals surface area contributed by atoms with Gasteiger partial charge < -0.3 is 9.80 Å². The highest BCUT2D eigenvalue weighted by atomic mass is 15.4. The maximum absolute atomic E-state index is 2.61. The van der Waals surface area contributed by atoms with Crippen LogP contribution >= 0.6 is 0 Å². The number of benzene rings is 1. The molecule has 0 saturated carbocycles. The number of unbranched alkanes of at least 4 members (excludes halogenated alkanes) is 11. The lowest BCUT2D eigenvalue weighted by molar-refractivity contribution is 0.148. The molecule has 0 saturated heterocycles. The van der Waals surface area contributed by atoms with Crippen LogP contribution in [0.25, 0.3) is 0 Å². The van der Waals surface area contributed by atoms with Gasteiger partial charge in [0, 0.05) is 31.9 Å². The fourth-order valence-electron chi connectivity index (χ4n) is 4.39. The van der Waals surface area contributed by atoms with Crippen LogP contribution in [-0.4, -0.2) is 29.1 Å². The molecule has 1 unspecified atom stereocenters. The van der Waals surface area contributed by atoms with Crippen molar-refractivity contribution >= 4 is 0 Å². The van der Waals surface area contributed by atoms with Crippen LogP contribution in [0.1, 0.15) is 103 Å². The van der Waals surface area contributed by atoms with Crippen LogP contribution in [0.15, 0.2) is 42.7 Å². The first-order valence-electron chi connectivity index (χ1n) is 12.6. The first-order valence-corrected chi connectivity index (χ1v) is 12.6. The van der Waals surface area contributed by atoms with Crippen molar-refractivity contribution in [2.24, 2.45) is 0 Å². The second-order valence-corrected chi connectivity index (χ2v) is 8.83. The molecular formula is C27H46N2. The quantitative estimate of drug-likeness (QED) is 0.247. The molecule has 1 aliphatic heterocycles. The Morgan fingerprint density at radius 3 is 1.52 bits per heavy atom. The van der Waals surface area contributed by atoms with Gasteiger partial charge in [-0.15, -0.1) is 0 Å². The Hall–Kier alpha value is -1.44. The standard InChI is InChI=1S/C27H46N2/c1-3-5-7-9-10-11-13-18-22-29-24-23-28(21-17-12-8-6-4-2)27(29)25-26-19-15-14-16-20-26/h14-16,19-20,23-24,27H,3-13,17-18,21-22,25H2,1-2H3. The third kappa shape index (κ3) is 9.74. The van der Waals surface area contributed by atoms with Crippen molar-refractivity contribution in [3.05, 3.63) is 48.3 Å². The predicted molar refractivity (Wildman–Crippen MR) is 128 cm³/mol. The second-order valence-electron chi connectivity index (χ2n) is 8.83. The van der Waals surface area contributed by atoms with E-state index < -0.39 is 0 Å². The van der Waals surface area contributed by atoms with Gasteiger partial charge in [0.1, 0.15) is 6.17 Å². The Bertz CT molecular complexity index is 525. The molecule has 1 aromatic carbocycles. The van der Waals surface area contributed by atoms with E-state index in [2.05, 4.69) is 66.4 Å². The summed E-state index contributed by atoms with van der Waals surface area (Å²) in [5.74, 6) is 0. The van der Waals surface area contributed by atoms with Crippen molar-refractivity contribution in [3.63, 3.8) is 0 Å². The van der Waals surface area contributed by atoms with E-state index in [4.69, 9.17) is 0 Å². The van der Waals surface area contributed by atoms with E-state index in [-0.39, 0.29) is 0 Å². The van der Waals surface area contributed by atoms with Gasteiger partial charge in [0.15, 0.2) is 0 Å². The largest absolute Gasteiger partial charge is 0.356 e. The summed E-state index contributed by atoms with van der Waals surface area (Å²) in [6.45, 7) is 6.99. The monoisotopic (exact) mass is 398 g/mol. The summed E-state index contributed by atoms with van der Waals surface area (Å²) in [7, 11) is 0. The predicted octanol–water partition coefficient (Wildman–Crippen LogP) is 7.76. The molecule has 29 heavy (non-hydrogen) atoms. The number of nitrogens with zero attached hydrogens (tertiary/aromatic N) is 2. The maximum Gasteiger partial charge on any atom is 0.105 e. The molecular weight excluding hydrogens is 352 g/mol. The van der Waals surface area contributed by atoms with Crippen LogP contribution < -0.4 is 0 Å². The lowest BCUT2D eigenvalue weighted by Crippen LogP contribution is -2.41. The molecule has 0 bridgehead atoms. The lowest BCUT2D eigenvalue weighted by atomic mass is 10.1. The van der Waals surface area contributed by atoms with E-state index in [1.165, 1.54) is 102 Å². The summed E-state index contributed by atoms with van der Waals surface area (Å²) in [5, 5.41) is 0. The molecule has 0 radical (unpaired) electrons. The summed E-state index contributed by atoms with van der Waals surface area (Å²) in [6, 6.07) is 11.0. The summed E-state index contributed by atoms with van der Waals surface area (Å²) in [5.41, 5.74) is 1.46. The van der Waals surface area contributed by atoms with E-state index >= 15 is 0 Å².